The third kappa shape index (κ3) is 4.33. The molecule has 4 nitrogen and oxygen atoms in total. The minimum absolute atomic E-state index is 0.612. The lowest BCUT2D eigenvalue weighted by Crippen LogP contribution is -2.28. The summed E-state index contributed by atoms with van der Waals surface area (Å²) in [4.78, 5) is 4.38. The Balaban J connectivity index is 1.97. The number of nitrogens with two attached hydrogens (primary N) is 1. The molecular weight excluding hydrogens is 238 g/mol. The molecule has 2 rings (SSSR count). The summed E-state index contributed by atoms with van der Waals surface area (Å²) in [5, 5.41) is 3.44. The maximum absolute atomic E-state index is 5.83. The van der Waals surface area contributed by atoms with E-state index in [2.05, 4.69) is 22.4 Å². The van der Waals surface area contributed by atoms with Gasteiger partial charge in [-0.1, -0.05) is 12.1 Å². The molecule has 0 amide bonds. The number of piperidine rings is 1. The van der Waals surface area contributed by atoms with Gasteiger partial charge in [-0.3, -0.25) is 0 Å². The van der Waals surface area contributed by atoms with Crippen molar-refractivity contribution in [2.24, 2.45) is 10.7 Å². The Morgan fingerprint density at radius 3 is 2.84 bits per heavy atom. The summed E-state index contributed by atoms with van der Waals surface area (Å²) in [6.45, 7) is 2.84. The summed E-state index contributed by atoms with van der Waals surface area (Å²) < 4.78 is 4.98. The van der Waals surface area contributed by atoms with E-state index in [1.807, 2.05) is 12.1 Å². The second kappa shape index (κ2) is 7.26. The largest absolute Gasteiger partial charge is 0.387 e. The van der Waals surface area contributed by atoms with Gasteiger partial charge in [0, 0.05) is 20.1 Å². The van der Waals surface area contributed by atoms with Gasteiger partial charge in [0.25, 0.3) is 0 Å². The summed E-state index contributed by atoms with van der Waals surface area (Å²) in [6, 6.07) is 8.42. The molecule has 1 aromatic rings. The quantitative estimate of drug-likeness (QED) is 0.631. The Labute approximate surface area is 115 Å². The van der Waals surface area contributed by atoms with E-state index in [0.29, 0.717) is 24.8 Å². The highest BCUT2D eigenvalue weighted by molar-refractivity contribution is 5.83. The van der Waals surface area contributed by atoms with Crippen LogP contribution in [0.1, 0.15) is 30.7 Å². The Morgan fingerprint density at radius 2 is 2.21 bits per heavy atom. The van der Waals surface area contributed by atoms with Gasteiger partial charge >= 0.3 is 0 Å². The van der Waals surface area contributed by atoms with Crippen molar-refractivity contribution < 1.29 is 4.74 Å². The molecule has 1 atom stereocenters. The first kappa shape index (κ1) is 14.0. The lowest BCUT2D eigenvalue weighted by Gasteiger charge is -2.23. The second-order valence-corrected chi connectivity index (χ2v) is 4.98. The second-order valence-electron chi connectivity index (χ2n) is 4.98. The zero-order valence-corrected chi connectivity index (χ0v) is 11.6. The van der Waals surface area contributed by atoms with E-state index in [-0.39, 0.29) is 0 Å². The smallest absolute Gasteiger partial charge is 0.102 e. The zero-order valence-electron chi connectivity index (χ0n) is 11.6. The number of nitrogens with zero attached hydrogens (tertiary/aromatic N) is 1. The van der Waals surface area contributed by atoms with Crippen LogP contribution in [0.5, 0.6) is 0 Å². The molecule has 0 aromatic heterocycles. The number of nitrogens with one attached hydrogen (secondary N) is 1. The number of methoxy groups -OCH3 is 1. The first-order chi connectivity index (χ1) is 9.29. The standard InChI is InChI=1S/C15H23N3O/c1-19-10-8-15(16)18-14-6-4-12(5-7-14)13-3-2-9-17-11-13/h4-7,13,17H,2-3,8-11H2,1H3,(H2,16,18). The molecule has 0 saturated carbocycles. The maximum atomic E-state index is 5.83. The van der Waals surface area contributed by atoms with E-state index in [9.17, 15) is 0 Å². The van der Waals surface area contributed by atoms with E-state index in [1.165, 1.54) is 18.4 Å². The molecule has 1 aliphatic rings. The molecule has 4 heteroatoms. The van der Waals surface area contributed by atoms with Gasteiger partial charge < -0.3 is 15.8 Å². The summed E-state index contributed by atoms with van der Waals surface area (Å²) in [6.07, 6.45) is 3.20. The van der Waals surface area contributed by atoms with Crippen molar-refractivity contribution in [2.75, 3.05) is 26.8 Å². The molecule has 0 radical (unpaired) electrons. The van der Waals surface area contributed by atoms with Crippen LogP contribution < -0.4 is 11.1 Å². The highest BCUT2D eigenvalue weighted by atomic mass is 16.5. The molecule has 1 aromatic carbocycles. The lowest BCUT2D eigenvalue weighted by atomic mass is 9.92. The van der Waals surface area contributed by atoms with Crippen molar-refractivity contribution in [3.05, 3.63) is 29.8 Å². The van der Waals surface area contributed by atoms with Crippen LogP contribution in [-0.2, 0) is 4.74 Å². The van der Waals surface area contributed by atoms with Gasteiger partial charge in [0.1, 0.15) is 5.84 Å². The Hall–Kier alpha value is -1.39. The normalized spacial score (nSPS) is 20.5. The minimum Gasteiger partial charge on any atom is -0.387 e. The molecule has 1 aliphatic heterocycles. The van der Waals surface area contributed by atoms with Crippen molar-refractivity contribution in [3.63, 3.8) is 0 Å². The van der Waals surface area contributed by atoms with E-state index in [0.717, 1.165) is 18.8 Å². The van der Waals surface area contributed by atoms with Crippen molar-refractivity contribution in [3.8, 4) is 0 Å². The topological polar surface area (TPSA) is 59.6 Å². The number of amidine groups is 1. The Kier molecular flexibility index (Phi) is 5.36. The fraction of sp³-hybridized carbons (Fsp3) is 0.533. The van der Waals surface area contributed by atoms with Crippen LogP contribution in [0.2, 0.25) is 0 Å². The van der Waals surface area contributed by atoms with Crippen molar-refractivity contribution in [1.82, 2.24) is 5.32 Å². The van der Waals surface area contributed by atoms with Gasteiger partial charge in [0.15, 0.2) is 0 Å². The first-order valence-electron chi connectivity index (χ1n) is 6.92. The van der Waals surface area contributed by atoms with Gasteiger partial charge in [-0.25, -0.2) is 4.99 Å². The molecule has 1 unspecified atom stereocenters. The zero-order chi connectivity index (χ0) is 13.5. The average molecular weight is 261 g/mol. The summed E-state index contributed by atoms with van der Waals surface area (Å²) >= 11 is 0. The minimum atomic E-state index is 0.612. The fourth-order valence-corrected chi connectivity index (χ4v) is 2.39. The molecule has 3 N–H and O–H groups in total. The maximum Gasteiger partial charge on any atom is 0.102 e. The van der Waals surface area contributed by atoms with Gasteiger partial charge in [-0.05, 0) is 43.0 Å². The van der Waals surface area contributed by atoms with Gasteiger partial charge in [0.05, 0.1) is 12.3 Å². The molecule has 0 bridgehead atoms. The highest BCUT2D eigenvalue weighted by Crippen LogP contribution is 2.25. The van der Waals surface area contributed by atoms with Gasteiger partial charge in [0.2, 0.25) is 0 Å². The van der Waals surface area contributed by atoms with E-state index in [1.54, 1.807) is 7.11 Å². The first-order valence-corrected chi connectivity index (χ1v) is 6.92. The van der Waals surface area contributed by atoms with Crippen LogP contribution in [0, 0.1) is 0 Å². The predicted molar refractivity (Wildman–Crippen MR) is 79.1 cm³/mol. The van der Waals surface area contributed by atoms with Crippen LogP contribution in [-0.4, -0.2) is 32.6 Å². The molecule has 1 saturated heterocycles. The monoisotopic (exact) mass is 261 g/mol. The molecule has 19 heavy (non-hydrogen) atoms. The van der Waals surface area contributed by atoms with Gasteiger partial charge in [-0.2, -0.15) is 0 Å². The van der Waals surface area contributed by atoms with Crippen LogP contribution in [0.15, 0.2) is 29.3 Å². The van der Waals surface area contributed by atoms with Crippen LogP contribution in [0.3, 0.4) is 0 Å². The number of hydrogen-bond acceptors (Lipinski definition) is 3. The number of rotatable bonds is 5. The summed E-state index contributed by atoms with van der Waals surface area (Å²) in [5.41, 5.74) is 8.14. The molecule has 1 fully saturated rings. The lowest BCUT2D eigenvalue weighted by molar-refractivity contribution is 0.207. The molecule has 104 valence electrons. The third-order valence-electron chi connectivity index (χ3n) is 3.50. The van der Waals surface area contributed by atoms with Gasteiger partial charge in [-0.15, -0.1) is 0 Å². The molecule has 0 spiro atoms. The summed E-state index contributed by atoms with van der Waals surface area (Å²) in [5.74, 6) is 1.26. The van der Waals surface area contributed by atoms with E-state index < -0.39 is 0 Å². The van der Waals surface area contributed by atoms with Crippen LogP contribution in [0.25, 0.3) is 0 Å². The molecule has 0 aliphatic carbocycles. The number of aliphatic imine (C=N–C) groups is 1. The van der Waals surface area contributed by atoms with Crippen molar-refractivity contribution >= 4 is 11.5 Å². The van der Waals surface area contributed by atoms with E-state index in [4.69, 9.17) is 10.5 Å². The predicted octanol–water partition coefficient (Wildman–Crippen LogP) is 2.18. The molecular formula is C15H23N3O. The molecule has 1 heterocycles. The van der Waals surface area contributed by atoms with Crippen LogP contribution >= 0.6 is 0 Å². The number of ether oxygens (including phenoxy) is 1. The highest BCUT2D eigenvalue weighted by Gasteiger charge is 2.14. The Morgan fingerprint density at radius 1 is 1.42 bits per heavy atom. The fourth-order valence-electron chi connectivity index (χ4n) is 2.39. The van der Waals surface area contributed by atoms with Crippen LogP contribution in [0.4, 0.5) is 5.69 Å². The number of benzene rings is 1. The van der Waals surface area contributed by atoms with E-state index >= 15 is 0 Å². The van der Waals surface area contributed by atoms with Crippen molar-refractivity contribution in [1.29, 1.82) is 0 Å². The number of hydrogen-bond donors (Lipinski definition) is 2. The SMILES string of the molecule is COCCC(N)=Nc1ccc(C2CCCNC2)cc1. The van der Waals surface area contributed by atoms with Crippen molar-refractivity contribution in [2.45, 2.75) is 25.2 Å². The third-order valence-corrected chi connectivity index (χ3v) is 3.50. The average Bonchev–Trinajstić information content (AvgIpc) is 2.47. The summed E-state index contributed by atoms with van der Waals surface area (Å²) in [7, 11) is 1.67. The Bertz CT molecular complexity index is 408.